The average molecular weight is 295 g/mol. The first-order valence-corrected chi connectivity index (χ1v) is 8.20. The molecular weight excluding hydrogens is 270 g/mol. The molecule has 0 atom stereocenters. The lowest BCUT2D eigenvalue weighted by Crippen LogP contribution is -2.19. The normalized spacial score (nSPS) is 11.5. The van der Waals surface area contributed by atoms with E-state index in [-0.39, 0.29) is 0 Å². The number of aromatic nitrogens is 1. The van der Waals surface area contributed by atoms with Crippen LogP contribution in [0.5, 0.6) is 0 Å². The van der Waals surface area contributed by atoms with Gasteiger partial charge in [-0.1, -0.05) is 24.3 Å². The Kier molecular flexibility index (Phi) is 4.76. The third kappa shape index (κ3) is 2.87. The first-order valence-electron chi connectivity index (χ1n) is 8.20. The van der Waals surface area contributed by atoms with Crippen LogP contribution in [-0.4, -0.2) is 24.7 Å². The largest absolute Gasteiger partial charge is 0.341 e. The van der Waals surface area contributed by atoms with Crippen LogP contribution in [0.4, 0.5) is 0 Å². The second-order valence-electron chi connectivity index (χ2n) is 5.75. The minimum Gasteiger partial charge on any atom is -0.341 e. The van der Waals surface area contributed by atoms with E-state index >= 15 is 0 Å². The molecule has 3 rings (SSSR count). The monoisotopic (exact) mass is 295 g/mol. The van der Waals surface area contributed by atoms with E-state index in [4.69, 9.17) is 0 Å². The standard InChI is InChI=1S/C19H25N3/c1-3-22-18-8-5-4-7-16(18)17-13-15(9-10-19(17)22)14-21-12-6-11-20-2/h4-5,7-10,13,20-21H,3,6,11-12,14H2,1-2H3. The molecule has 0 saturated carbocycles. The molecular formula is C19H25N3. The molecule has 0 aliphatic rings. The number of hydrogen-bond acceptors (Lipinski definition) is 2. The van der Waals surface area contributed by atoms with Gasteiger partial charge < -0.3 is 15.2 Å². The van der Waals surface area contributed by atoms with Gasteiger partial charge in [0.05, 0.1) is 0 Å². The predicted molar refractivity (Wildman–Crippen MR) is 95.4 cm³/mol. The molecule has 0 amide bonds. The second-order valence-corrected chi connectivity index (χ2v) is 5.75. The summed E-state index contributed by atoms with van der Waals surface area (Å²) in [5.41, 5.74) is 4.03. The number of hydrogen-bond donors (Lipinski definition) is 2. The molecule has 0 spiro atoms. The SMILES string of the molecule is CCn1c2ccccc2c2cc(CNCCCNC)ccc21. The van der Waals surface area contributed by atoms with Gasteiger partial charge in [0.2, 0.25) is 0 Å². The molecule has 116 valence electrons. The van der Waals surface area contributed by atoms with E-state index < -0.39 is 0 Å². The van der Waals surface area contributed by atoms with Crippen LogP contribution in [0.1, 0.15) is 18.9 Å². The van der Waals surface area contributed by atoms with Crippen LogP contribution in [0.25, 0.3) is 21.8 Å². The van der Waals surface area contributed by atoms with Gasteiger partial charge in [-0.15, -0.1) is 0 Å². The van der Waals surface area contributed by atoms with Gasteiger partial charge in [-0.25, -0.2) is 0 Å². The molecule has 2 N–H and O–H groups in total. The summed E-state index contributed by atoms with van der Waals surface area (Å²) in [7, 11) is 2.00. The van der Waals surface area contributed by atoms with Gasteiger partial charge in [-0.05, 0) is 57.2 Å². The van der Waals surface area contributed by atoms with Crippen LogP contribution in [0.3, 0.4) is 0 Å². The van der Waals surface area contributed by atoms with Crippen LogP contribution in [0.15, 0.2) is 42.5 Å². The summed E-state index contributed by atoms with van der Waals surface area (Å²) >= 11 is 0. The molecule has 3 heteroatoms. The lowest BCUT2D eigenvalue weighted by Gasteiger charge is -2.06. The Morgan fingerprint density at radius 3 is 2.59 bits per heavy atom. The lowest BCUT2D eigenvalue weighted by molar-refractivity contribution is 0.625. The van der Waals surface area contributed by atoms with Crippen LogP contribution in [0, 0.1) is 0 Å². The summed E-state index contributed by atoms with van der Waals surface area (Å²) < 4.78 is 2.40. The Hall–Kier alpha value is -1.84. The van der Waals surface area contributed by atoms with Crippen molar-refractivity contribution in [3.8, 4) is 0 Å². The molecule has 3 aromatic rings. The van der Waals surface area contributed by atoms with Crippen molar-refractivity contribution in [2.45, 2.75) is 26.4 Å². The lowest BCUT2D eigenvalue weighted by atomic mass is 10.1. The highest BCUT2D eigenvalue weighted by Gasteiger charge is 2.09. The van der Waals surface area contributed by atoms with E-state index in [0.717, 1.165) is 32.6 Å². The van der Waals surface area contributed by atoms with Gasteiger partial charge in [0.25, 0.3) is 0 Å². The fraction of sp³-hybridized carbons (Fsp3) is 0.368. The minimum atomic E-state index is 0.936. The summed E-state index contributed by atoms with van der Waals surface area (Å²) in [6, 6.07) is 15.6. The van der Waals surface area contributed by atoms with E-state index in [2.05, 4.69) is 64.6 Å². The molecule has 0 unspecified atom stereocenters. The second kappa shape index (κ2) is 6.95. The molecule has 0 bridgehead atoms. The van der Waals surface area contributed by atoms with E-state index in [9.17, 15) is 0 Å². The Morgan fingerprint density at radius 1 is 0.955 bits per heavy atom. The average Bonchev–Trinajstić information content (AvgIpc) is 2.88. The predicted octanol–water partition coefficient (Wildman–Crippen LogP) is 3.51. The summed E-state index contributed by atoms with van der Waals surface area (Å²) in [5, 5.41) is 9.43. The quantitative estimate of drug-likeness (QED) is 0.653. The van der Waals surface area contributed by atoms with Crippen LogP contribution >= 0.6 is 0 Å². The van der Waals surface area contributed by atoms with Crippen LogP contribution in [0.2, 0.25) is 0 Å². The Morgan fingerprint density at radius 2 is 1.77 bits per heavy atom. The molecule has 22 heavy (non-hydrogen) atoms. The minimum absolute atomic E-state index is 0.936. The van der Waals surface area contributed by atoms with Crippen molar-refractivity contribution in [3.05, 3.63) is 48.0 Å². The van der Waals surface area contributed by atoms with Crippen molar-refractivity contribution in [2.75, 3.05) is 20.1 Å². The van der Waals surface area contributed by atoms with E-state index in [1.807, 2.05) is 7.05 Å². The highest BCUT2D eigenvalue weighted by molar-refractivity contribution is 6.08. The fourth-order valence-corrected chi connectivity index (χ4v) is 3.17. The van der Waals surface area contributed by atoms with Crippen molar-refractivity contribution in [3.63, 3.8) is 0 Å². The molecule has 0 aliphatic heterocycles. The van der Waals surface area contributed by atoms with Gasteiger partial charge in [0, 0.05) is 34.9 Å². The van der Waals surface area contributed by atoms with Crippen molar-refractivity contribution >= 4 is 21.8 Å². The molecule has 3 nitrogen and oxygen atoms in total. The molecule has 0 fully saturated rings. The molecule has 0 aliphatic carbocycles. The number of rotatable bonds is 7. The number of fused-ring (bicyclic) bond motifs is 3. The first-order chi connectivity index (χ1) is 10.8. The maximum absolute atomic E-state index is 3.52. The van der Waals surface area contributed by atoms with Gasteiger partial charge in [-0.3, -0.25) is 0 Å². The number of nitrogens with zero attached hydrogens (tertiary/aromatic N) is 1. The number of aryl methyl sites for hydroxylation is 1. The Bertz CT molecular complexity index is 758. The van der Waals surface area contributed by atoms with Crippen LogP contribution in [-0.2, 0) is 13.1 Å². The zero-order valence-corrected chi connectivity index (χ0v) is 13.5. The summed E-state index contributed by atoms with van der Waals surface area (Å²) in [5.74, 6) is 0. The third-order valence-corrected chi connectivity index (χ3v) is 4.26. The zero-order chi connectivity index (χ0) is 15.4. The van der Waals surface area contributed by atoms with Gasteiger partial charge in [0.1, 0.15) is 0 Å². The maximum Gasteiger partial charge on any atom is 0.0491 e. The molecule has 0 radical (unpaired) electrons. The molecule has 0 saturated heterocycles. The number of benzene rings is 2. The zero-order valence-electron chi connectivity index (χ0n) is 13.5. The topological polar surface area (TPSA) is 29.0 Å². The van der Waals surface area contributed by atoms with Gasteiger partial charge in [-0.2, -0.15) is 0 Å². The summed E-state index contributed by atoms with van der Waals surface area (Å²) in [6.45, 7) is 6.27. The van der Waals surface area contributed by atoms with Gasteiger partial charge in [0.15, 0.2) is 0 Å². The summed E-state index contributed by atoms with van der Waals surface area (Å²) in [6.07, 6.45) is 1.16. The van der Waals surface area contributed by atoms with Crippen molar-refractivity contribution < 1.29 is 0 Å². The van der Waals surface area contributed by atoms with E-state index in [0.29, 0.717) is 0 Å². The molecule has 1 aromatic heterocycles. The first kappa shape index (κ1) is 15.1. The van der Waals surface area contributed by atoms with Gasteiger partial charge >= 0.3 is 0 Å². The maximum atomic E-state index is 3.52. The Balaban J connectivity index is 1.88. The highest BCUT2D eigenvalue weighted by atomic mass is 15.0. The highest BCUT2D eigenvalue weighted by Crippen LogP contribution is 2.29. The number of para-hydroxylation sites is 1. The third-order valence-electron chi connectivity index (χ3n) is 4.26. The summed E-state index contributed by atoms with van der Waals surface area (Å²) in [4.78, 5) is 0. The molecule has 1 heterocycles. The Labute approximate surface area is 132 Å². The fourth-order valence-electron chi connectivity index (χ4n) is 3.17. The van der Waals surface area contributed by atoms with E-state index in [1.54, 1.807) is 0 Å². The van der Waals surface area contributed by atoms with Crippen molar-refractivity contribution in [1.82, 2.24) is 15.2 Å². The van der Waals surface area contributed by atoms with Crippen LogP contribution < -0.4 is 10.6 Å². The van der Waals surface area contributed by atoms with E-state index in [1.165, 1.54) is 27.4 Å². The smallest absolute Gasteiger partial charge is 0.0491 e. The van der Waals surface area contributed by atoms with Crippen molar-refractivity contribution in [2.24, 2.45) is 0 Å². The molecule has 2 aromatic carbocycles. The van der Waals surface area contributed by atoms with Crippen molar-refractivity contribution in [1.29, 1.82) is 0 Å². The number of nitrogens with one attached hydrogen (secondary N) is 2.